The molecule has 106 valence electrons. The molecule has 0 saturated carbocycles. The van der Waals surface area contributed by atoms with E-state index in [-0.39, 0.29) is 21.9 Å². The first kappa shape index (κ1) is 29.7. The molecule has 6 nitrogen and oxygen atoms in total. The molecule has 0 bridgehead atoms. The molecule has 0 aromatic carbocycles. The smallest absolute Gasteiger partial charge is 0.0591 e. The van der Waals surface area contributed by atoms with Crippen LogP contribution < -0.4 is 0 Å². The van der Waals surface area contributed by atoms with Gasteiger partial charge in [0.05, 0.1) is 11.2 Å². The van der Waals surface area contributed by atoms with Crippen molar-refractivity contribution in [2.45, 2.75) is 64.6 Å². The van der Waals surface area contributed by atoms with Gasteiger partial charge >= 0.3 is 0 Å². The van der Waals surface area contributed by atoms with E-state index < -0.39 is 11.2 Å². The lowest BCUT2D eigenvalue weighted by Crippen LogP contribution is -2.20. The summed E-state index contributed by atoms with van der Waals surface area (Å²) in [6.45, 7) is 7.27. The third-order valence-electron chi connectivity index (χ3n) is 1.83. The van der Waals surface area contributed by atoms with Crippen molar-refractivity contribution in [1.29, 1.82) is 0 Å². The van der Waals surface area contributed by atoms with E-state index in [0.29, 0.717) is 0 Å². The maximum absolute atomic E-state index is 9.38. The highest BCUT2D eigenvalue weighted by Crippen LogP contribution is 2.17. The lowest BCUT2D eigenvalue weighted by atomic mass is 9.96. The average molecular weight is 246 g/mol. The molecule has 0 heterocycles. The Morgan fingerprint density at radius 3 is 0.938 bits per heavy atom. The summed E-state index contributed by atoms with van der Waals surface area (Å²) >= 11 is 0. The van der Waals surface area contributed by atoms with Crippen molar-refractivity contribution in [2.24, 2.45) is 0 Å². The van der Waals surface area contributed by atoms with E-state index in [9.17, 15) is 10.2 Å². The van der Waals surface area contributed by atoms with Crippen molar-refractivity contribution < 1.29 is 32.1 Å². The summed E-state index contributed by atoms with van der Waals surface area (Å²) in [5.41, 5.74) is -1.11. The molecular formula is C10H30O6. The highest BCUT2D eigenvalue weighted by atomic mass is 16.3. The Bertz CT molecular complexity index is 108. The van der Waals surface area contributed by atoms with Crippen LogP contribution >= 0.6 is 0 Å². The number of unbranched alkanes of at least 4 members (excludes halogenated alkanes) is 1. The lowest BCUT2D eigenvalue weighted by Gasteiger charge is -2.19. The van der Waals surface area contributed by atoms with Crippen LogP contribution in [0.5, 0.6) is 0 Å². The number of rotatable bonds is 5. The fourth-order valence-electron chi connectivity index (χ4n) is 1.12. The fraction of sp³-hybridized carbons (Fsp3) is 1.00. The Morgan fingerprint density at radius 2 is 0.812 bits per heavy atom. The summed E-state index contributed by atoms with van der Waals surface area (Å²) in [5.74, 6) is 0. The van der Waals surface area contributed by atoms with Crippen LogP contribution in [0.15, 0.2) is 0 Å². The number of hydrogen-bond acceptors (Lipinski definition) is 2. The van der Waals surface area contributed by atoms with Gasteiger partial charge < -0.3 is 32.1 Å². The first-order chi connectivity index (χ1) is 5.21. The first-order valence-corrected chi connectivity index (χ1v) is 4.65. The summed E-state index contributed by atoms with van der Waals surface area (Å²) in [6, 6.07) is 0. The van der Waals surface area contributed by atoms with Gasteiger partial charge in [-0.2, -0.15) is 0 Å². The molecule has 0 aliphatic heterocycles. The van der Waals surface area contributed by atoms with Crippen LogP contribution in [0.4, 0.5) is 0 Å². The van der Waals surface area contributed by atoms with Gasteiger partial charge in [-0.25, -0.2) is 0 Å². The molecule has 16 heavy (non-hydrogen) atoms. The van der Waals surface area contributed by atoms with Gasteiger partial charge in [0, 0.05) is 0 Å². The number of aliphatic hydroxyl groups is 2. The molecule has 0 aromatic rings. The van der Waals surface area contributed by atoms with Crippen molar-refractivity contribution in [3.8, 4) is 0 Å². The molecule has 0 radical (unpaired) electrons. The zero-order chi connectivity index (χ0) is 9.83. The van der Waals surface area contributed by atoms with Crippen molar-refractivity contribution in [3.63, 3.8) is 0 Å². The Labute approximate surface area is 97.5 Å². The van der Waals surface area contributed by atoms with E-state index in [1.807, 2.05) is 27.7 Å². The van der Waals surface area contributed by atoms with Gasteiger partial charge in [0.1, 0.15) is 0 Å². The molecule has 0 unspecified atom stereocenters. The van der Waals surface area contributed by atoms with Gasteiger partial charge in [-0.1, -0.05) is 12.8 Å². The summed E-state index contributed by atoms with van der Waals surface area (Å²) in [4.78, 5) is 0. The Hall–Kier alpha value is -0.240. The second-order valence-corrected chi connectivity index (χ2v) is 4.83. The van der Waals surface area contributed by atoms with Gasteiger partial charge in [0.25, 0.3) is 0 Å². The lowest BCUT2D eigenvalue weighted by molar-refractivity contribution is 0.0526. The number of hydrogen-bond donors (Lipinski definition) is 2. The summed E-state index contributed by atoms with van der Waals surface area (Å²) in [6.07, 6.45) is 3.58. The molecule has 0 aromatic heterocycles. The molecule has 0 aliphatic rings. The minimum absolute atomic E-state index is 0. The second-order valence-electron chi connectivity index (χ2n) is 4.83. The van der Waals surface area contributed by atoms with E-state index in [4.69, 9.17) is 0 Å². The summed E-state index contributed by atoms with van der Waals surface area (Å²) in [5, 5.41) is 18.8. The van der Waals surface area contributed by atoms with Crippen molar-refractivity contribution in [3.05, 3.63) is 0 Å². The van der Waals surface area contributed by atoms with Crippen LogP contribution in [-0.2, 0) is 0 Å². The molecule has 0 aliphatic carbocycles. The standard InChI is InChI=1S/C10H22O2.4H2O/c1-9(2,11)7-5-6-8-10(3,4)12;;;;/h11-12H,5-8H2,1-4H3;4*1H2. The van der Waals surface area contributed by atoms with Gasteiger partial charge in [-0.3, -0.25) is 0 Å². The normalized spacial score (nSPS) is 10.1. The van der Waals surface area contributed by atoms with Crippen LogP contribution in [0.3, 0.4) is 0 Å². The van der Waals surface area contributed by atoms with Gasteiger partial charge in [-0.15, -0.1) is 0 Å². The zero-order valence-corrected chi connectivity index (χ0v) is 10.7. The molecule has 0 fully saturated rings. The Kier molecular flexibility index (Phi) is 20.9. The topological polar surface area (TPSA) is 166 Å². The third kappa shape index (κ3) is 29.2. The summed E-state index contributed by atoms with van der Waals surface area (Å²) < 4.78 is 0. The van der Waals surface area contributed by atoms with E-state index in [0.717, 1.165) is 25.7 Å². The van der Waals surface area contributed by atoms with Gasteiger partial charge in [0.15, 0.2) is 0 Å². The SMILES string of the molecule is CC(C)(O)CCCCC(C)(C)O.O.O.O.O. The quantitative estimate of drug-likeness (QED) is 0.581. The predicted octanol–water partition coefficient (Wildman–Crippen LogP) is -1.21. The molecule has 6 heteroatoms. The Morgan fingerprint density at radius 1 is 0.625 bits per heavy atom. The van der Waals surface area contributed by atoms with Crippen LogP contribution in [0, 0.1) is 0 Å². The minimum Gasteiger partial charge on any atom is -0.412 e. The van der Waals surface area contributed by atoms with E-state index in [1.165, 1.54) is 0 Å². The zero-order valence-electron chi connectivity index (χ0n) is 10.7. The van der Waals surface area contributed by atoms with Crippen LogP contribution in [-0.4, -0.2) is 43.3 Å². The van der Waals surface area contributed by atoms with Crippen LogP contribution in [0.1, 0.15) is 53.4 Å². The minimum atomic E-state index is -0.556. The molecule has 0 amide bonds. The molecule has 10 N–H and O–H groups in total. The van der Waals surface area contributed by atoms with Crippen molar-refractivity contribution >= 4 is 0 Å². The molecule has 0 saturated heterocycles. The van der Waals surface area contributed by atoms with Crippen molar-refractivity contribution in [2.75, 3.05) is 0 Å². The van der Waals surface area contributed by atoms with Gasteiger partial charge in [-0.05, 0) is 40.5 Å². The molecule has 0 spiro atoms. The maximum Gasteiger partial charge on any atom is 0.0591 e. The average Bonchev–Trinajstić information content (AvgIpc) is 1.76. The highest BCUT2D eigenvalue weighted by molar-refractivity contribution is 4.68. The summed E-state index contributed by atoms with van der Waals surface area (Å²) in [7, 11) is 0. The third-order valence-corrected chi connectivity index (χ3v) is 1.83. The van der Waals surface area contributed by atoms with E-state index in [1.54, 1.807) is 0 Å². The van der Waals surface area contributed by atoms with Crippen LogP contribution in [0.2, 0.25) is 0 Å². The largest absolute Gasteiger partial charge is 0.412 e. The molecular weight excluding hydrogens is 216 g/mol. The van der Waals surface area contributed by atoms with Crippen molar-refractivity contribution in [1.82, 2.24) is 0 Å². The highest BCUT2D eigenvalue weighted by Gasteiger charge is 2.14. The molecule has 0 rings (SSSR count). The van der Waals surface area contributed by atoms with E-state index >= 15 is 0 Å². The maximum atomic E-state index is 9.38. The first-order valence-electron chi connectivity index (χ1n) is 4.65. The monoisotopic (exact) mass is 246 g/mol. The fourth-order valence-corrected chi connectivity index (χ4v) is 1.12. The molecule has 0 atom stereocenters. The Balaban J connectivity index is -0.000000101. The predicted molar refractivity (Wildman–Crippen MR) is 65.5 cm³/mol. The van der Waals surface area contributed by atoms with Gasteiger partial charge in [0.2, 0.25) is 0 Å². The van der Waals surface area contributed by atoms with Crippen LogP contribution in [0.25, 0.3) is 0 Å². The van der Waals surface area contributed by atoms with E-state index in [2.05, 4.69) is 0 Å². The second kappa shape index (κ2) is 11.3.